The van der Waals surface area contributed by atoms with Crippen LogP contribution >= 0.6 is 0 Å². The minimum atomic E-state index is -1.27. The highest BCUT2D eigenvalue weighted by molar-refractivity contribution is 5.76. The second-order valence-corrected chi connectivity index (χ2v) is 7.15. The first kappa shape index (κ1) is 18.8. The molecule has 0 spiro atoms. The fourth-order valence-corrected chi connectivity index (χ4v) is 2.74. The number of carbonyl (C=O) groups is 1. The van der Waals surface area contributed by atoms with Crippen LogP contribution in [-0.4, -0.2) is 21.3 Å². The maximum Gasteiger partial charge on any atom is 0.509 e. The summed E-state index contributed by atoms with van der Waals surface area (Å²) in [6.45, 7) is 5.04. The van der Waals surface area contributed by atoms with E-state index in [4.69, 9.17) is 9.47 Å². The van der Waals surface area contributed by atoms with Gasteiger partial charge >= 0.3 is 6.16 Å². The lowest BCUT2D eigenvalue weighted by atomic mass is 10.1. The van der Waals surface area contributed by atoms with Gasteiger partial charge in [0.25, 0.3) is 0 Å². The van der Waals surface area contributed by atoms with Gasteiger partial charge in [0, 0.05) is 12.6 Å². The van der Waals surface area contributed by atoms with E-state index >= 15 is 0 Å². The summed E-state index contributed by atoms with van der Waals surface area (Å²) in [5, 5.41) is 0. The molecule has 0 aliphatic rings. The molecule has 3 rings (SSSR count). The Labute approximate surface area is 155 Å². The van der Waals surface area contributed by atoms with E-state index < -0.39 is 29.5 Å². The normalized spacial score (nSPS) is 12.8. The number of aromatic nitrogens is 2. The lowest BCUT2D eigenvalue weighted by Gasteiger charge is -2.23. The summed E-state index contributed by atoms with van der Waals surface area (Å²) in [7, 11) is 1.72. The predicted molar refractivity (Wildman–Crippen MR) is 96.2 cm³/mol. The van der Waals surface area contributed by atoms with E-state index in [-0.39, 0.29) is 11.4 Å². The number of para-hydroxylation sites is 2. The van der Waals surface area contributed by atoms with Gasteiger partial charge in [-0.15, -0.1) is 0 Å². The molecule has 0 fully saturated rings. The van der Waals surface area contributed by atoms with Gasteiger partial charge in [-0.25, -0.2) is 18.6 Å². The van der Waals surface area contributed by atoms with Crippen molar-refractivity contribution in [3.05, 3.63) is 65.5 Å². The van der Waals surface area contributed by atoms with Crippen LogP contribution in [0.3, 0.4) is 0 Å². The number of hydrogen-bond donors (Lipinski definition) is 0. The smallest absolute Gasteiger partial charge is 0.429 e. The molecule has 3 aromatic rings. The number of hydrogen-bond acceptors (Lipinski definition) is 4. The lowest BCUT2D eigenvalue weighted by Crippen LogP contribution is -2.26. The van der Waals surface area contributed by atoms with Crippen molar-refractivity contribution in [1.82, 2.24) is 9.55 Å². The molecule has 7 heteroatoms. The highest BCUT2D eigenvalue weighted by atomic mass is 19.1. The summed E-state index contributed by atoms with van der Waals surface area (Å²) in [5.41, 5.74) is 0.472. The summed E-state index contributed by atoms with van der Waals surface area (Å²) in [6.07, 6.45) is -2.27. The highest BCUT2D eigenvalue weighted by Crippen LogP contribution is 2.31. The molecule has 1 aromatic heterocycles. The Hall–Kier alpha value is -2.96. The maximum absolute atomic E-state index is 14.4. The Kier molecular flexibility index (Phi) is 4.87. The van der Waals surface area contributed by atoms with Crippen LogP contribution in [0.1, 0.15) is 38.3 Å². The SMILES string of the molecule is Cn1c(C(OC(=O)OC(C)(C)C)c2cc(F)ccc2F)nc2ccccc21. The van der Waals surface area contributed by atoms with E-state index in [0.29, 0.717) is 5.52 Å². The molecule has 5 nitrogen and oxygen atoms in total. The van der Waals surface area contributed by atoms with Crippen LogP contribution in [0.25, 0.3) is 11.0 Å². The monoisotopic (exact) mass is 374 g/mol. The zero-order valence-corrected chi connectivity index (χ0v) is 15.5. The van der Waals surface area contributed by atoms with E-state index in [2.05, 4.69) is 4.98 Å². The Morgan fingerprint density at radius 2 is 1.85 bits per heavy atom. The average Bonchev–Trinajstić information content (AvgIpc) is 2.91. The van der Waals surface area contributed by atoms with Crippen LogP contribution in [0.4, 0.5) is 13.6 Å². The lowest BCUT2D eigenvalue weighted by molar-refractivity contribution is -0.0223. The van der Waals surface area contributed by atoms with Crippen molar-refractivity contribution in [3.8, 4) is 0 Å². The number of halogens is 2. The van der Waals surface area contributed by atoms with Gasteiger partial charge in [0.15, 0.2) is 11.9 Å². The molecule has 0 bridgehead atoms. The molecule has 1 heterocycles. The molecule has 0 amide bonds. The highest BCUT2D eigenvalue weighted by Gasteiger charge is 2.30. The van der Waals surface area contributed by atoms with Crippen molar-refractivity contribution >= 4 is 17.2 Å². The van der Waals surface area contributed by atoms with E-state index in [1.807, 2.05) is 18.2 Å². The van der Waals surface area contributed by atoms with Crippen molar-refractivity contribution in [1.29, 1.82) is 0 Å². The molecule has 1 atom stereocenters. The molecule has 142 valence electrons. The van der Waals surface area contributed by atoms with Crippen molar-refractivity contribution in [3.63, 3.8) is 0 Å². The predicted octanol–water partition coefficient (Wildman–Crippen LogP) is 4.89. The molecule has 2 aromatic carbocycles. The fourth-order valence-electron chi connectivity index (χ4n) is 2.74. The number of ether oxygens (including phenoxy) is 2. The van der Waals surface area contributed by atoms with Gasteiger partial charge in [-0.3, -0.25) is 0 Å². The van der Waals surface area contributed by atoms with Gasteiger partial charge in [0.05, 0.1) is 11.0 Å². The zero-order valence-electron chi connectivity index (χ0n) is 15.5. The van der Waals surface area contributed by atoms with Crippen molar-refractivity contribution in [2.24, 2.45) is 7.05 Å². The van der Waals surface area contributed by atoms with Crippen LogP contribution in [0.5, 0.6) is 0 Å². The fraction of sp³-hybridized carbons (Fsp3) is 0.300. The number of nitrogens with zero attached hydrogens (tertiary/aromatic N) is 2. The van der Waals surface area contributed by atoms with Crippen molar-refractivity contribution in [2.45, 2.75) is 32.5 Å². The third kappa shape index (κ3) is 4.07. The number of benzene rings is 2. The van der Waals surface area contributed by atoms with Crippen LogP contribution in [0.15, 0.2) is 42.5 Å². The minimum Gasteiger partial charge on any atom is -0.429 e. The Morgan fingerprint density at radius 1 is 1.15 bits per heavy atom. The number of rotatable bonds is 3. The van der Waals surface area contributed by atoms with E-state index in [1.165, 1.54) is 0 Å². The van der Waals surface area contributed by atoms with Gasteiger partial charge in [-0.05, 0) is 51.1 Å². The minimum absolute atomic E-state index is 0.140. The molecular weight excluding hydrogens is 354 g/mol. The molecule has 0 radical (unpaired) electrons. The Bertz CT molecular complexity index is 993. The molecule has 1 unspecified atom stereocenters. The zero-order chi connectivity index (χ0) is 19.8. The Balaban J connectivity index is 2.10. The number of fused-ring (bicyclic) bond motifs is 1. The van der Waals surface area contributed by atoms with Crippen LogP contribution in [0, 0.1) is 11.6 Å². The quantitative estimate of drug-likeness (QED) is 0.613. The first-order chi connectivity index (χ1) is 12.7. The molecule has 0 N–H and O–H groups in total. The number of carbonyl (C=O) groups excluding carboxylic acids is 1. The van der Waals surface area contributed by atoms with Crippen LogP contribution in [0.2, 0.25) is 0 Å². The van der Waals surface area contributed by atoms with Gasteiger partial charge in [-0.2, -0.15) is 0 Å². The van der Waals surface area contributed by atoms with Crippen molar-refractivity contribution in [2.75, 3.05) is 0 Å². The van der Waals surface area contributed by atoms with Gasteiger partial charge < -0.3 is 14.0 Å². The Morgan fingerprint density at radius 3 is 2.52 bits per heavy atom. The molecule has 0 aliphatic heterocycles. The second kappa shape index (κ2) is 6.98. The van der Waals surface area contributed by atoms with E-state index in [1.54, 1.807) is 38.5 Å². The second-order valence-electron chi connectivity index (χ2n) is 7.15. The standard InChI is InChI=1S/C20H20F2N2O3/c1-20(2,3)27-19(25)26-17(13-11-12(21)9-10-14(13)22)18-23-15-7-5-6-8-16(15)24(18)4/h5-11,17H,1-4H3. The third-order valence-corrected chi connectivity index (χ3v) is 3.90. The summed E-state index contributed by atoms with van der Waals surface area (Å²) in [4.78, 5) is 16.7. The van der Waals surface area contributed by atoms with Gasteiger partial charge in [0.2, 0.25) is 0 Å². The number of imidazole rings is 1. The summed E-state index contributed by atoms with van der Waals surface area (Å²) in [6, 6.07) is 10.2. The summed E-state index contributed by atoms with van der Waals surface area (Å²) in [5.74, 6) is -1.11. The van der Waals surface area contributed by atoms with Crippen molar-refractivity contribution < 1.29 is 23.0 Å². The maximum atomic E-state index is 14.4. The first-order valence-electron chi connectivity index (χ1n) is 8.41. The molecular formula is C20H20F2N2O3. The topological polar surface area (TPSA) is 53.4 Å². The molecule has 0 aliphatic carbocycles. The summed E-state index contributed by atoms with van der Waals surface area (Å²) >= 11 is 0. The van der Waals surface area contributed by atoms with Crippen LogP contribution in [-0.2, 0) is 16.5 Å². The summed E-state index contributed by atoms with van der Waals surface area (Å²) < 4.78 is 40.5. The van der Waals surface area contributed by atoms with Gasteiger partial charge in [-0.1, -0.05) is 12.1 Å². The molecule has 0 saturated carbocycles. The molecule has 0 saturated heterocycles. The van der Waals surface area contributed by atoms with Crippen LogP contribution < -0.4 is 0 Å². The average molecular weight is 374 g/mol. The third-order valence-electron chi connectivity index (χ3n) is 3.90. The number of aryl methyl sites for hydroxylation is 1. The van der Waals surface area contributed by atoms with E-state index in [0.717, 1.165) is 23.7 Å². The largest absolute Gasteiger partial charge is 0.509 e. The van der Waals surface area contributed by atoms with Gasteiger partial charge in [0.1, 0.15) is 17.2 Å². The first-order valence-corrected chi connectivity index (χ1v) is 8.41. The molecule has 27 heavy (non-hydrogen) atoms. The van der Waals surface area contributed by atoms with E-state index in [9.17, 15) is 13.6 Å².